The maximum atomic E-state index is 12.7. The topological polar surface area (TPSA) is 69.5 Å². The van der Waals surface area contributed by atoms with Gasteiger partial charge in [0.25, 0.3) is 0 Å². The lowest BCUT2D eigenvalue weighted by Crippen LogP contribution is -2.16. The van der Waals surface area contributed by atoms with E-state index in [1.54, 1.807) is 6.20 Å². The molecule has 0 spiro atoms. The first-order valence-electron chi connectivity index (χ1n) is 24.6. The Morgan fingerprint density at radius 2 is 0.658 bits per heavy atom. The normalized spacial score (nSPS) is 12.1. The molecule has 6 heterocycles. The van der Waals surface area contributed by atoms with E-state index in [-0.39, 0.29) is 0 Å². The van der Waals surface area contributed by atoms with Crippen molar-refractivity contribution < 1.29 is 4.42 Å². The van der Waals surface area contributed by atoms with Crippen molar-refractivity contribution in [2.75, 3.05) is 0 Å². The summed E-state index contributed by atoms with van der Waals surface area (Å²) >= 11 is 0. The van der Waals surface area contributed by atoms with Gasteiger partial charge in [-0.15, -0.1) is 0 Å². The first kappa shape index (κ1) is 39.7. The van der Waals surface area contributed by atoms with Crippen LogP contribution in [0.3, 0.4) is 0 Å². The number of hydrogen-bond donors (Lipinski definition) is 0. The minimum Gasteiger partial charge on any atom is -0.456 e. The second-order valence-corrected chi connectivity index (χ2v) is 18.9. The molecule has 0 aliphatic heterocycles. The molecule has 0 fully saturated rings. The number of rotatable bonds is 5. The summed E-state index contributed by atoms with van der Waals surface area (Å²) in [6.07, 6.45) is 3.67. The third-order valence-corrected chi connectivity index (χ3v) is 15.3. The van der Waals surface area contributed by atoms with Crippen molar-refractivity contribution in [3.05, 3.63) is 236 Å². The number of aromatic nitrogens is 5. The molecule has 0 N–H and O–H groups in total. The molecule has 0 unspecified atom stereocenters. The van der Waals surface area contributed by atoms with Crippen LogP contribution in [0.4, 0.5) is 0 Å². The third-order valence-electron chi connectivity index (χ3n) is 15.3. The molecule has 0 saturated carbocycles. The molecule has 0 saturated heterocycles. The monoisotopic (exact) mass is 930 g/mol. The van der Waals surface area contributed by atoms with Crippen LogP contribution in [0.2, 0.25) is 0 Å². The van der Waals surface area contributed by atoms with Gasteiger partial charge >= 0.3 is 0 Å². The van der Waals surface area contributed by atoms with Crippen LogP contribution in [0.15, 0.2) is 235 Å². The summed E-state index contributed by atoms with van der Waals surface area (Å²) in [6, 6.07) is 80.7. The molecule has 16 aromatic rings. The predicted octanol–water partition coefficient (Wildman–Crippen LogP) is 16.9. The quantitative estimate of drug-likeness (QED) is 0.173. The Kier molecular flexibility index (Phi) is 8.11. The Hall–Kier alpha value is -10.2. The lowest BCUT2D eigenvalue weighted by Gasteiger charge is -2.29. The molecule has 338 valence electrons. The number of hydrogen-bond acceptors (Lipinski definition) is 3. The van der Waals surface area contributed by atoms with Gasteiger partial charge in [0.05, 0.1) is 66.9 Å². The molecule has 7 nitrogen and oxygen atoms in total. The summed E-state index contributed by atoms with van der Waals surface area (Å²) in [7, 11) is 0. The molecule has 0 radical (unpaired) electrons. The van der Waals surface area contributed by atoms with Crippen LogP contribution in [0.5, 0.6) is 0 Å². The molecule has 6 aromatic heterocycles. The molecule has 10 aromatic carbocycles. The zero-order valence-corrected chi connectivity index (χ0v) is 39.0. The molecule has 0 amide bonds. The van der Waals surface area contributed by atoms with E-state index in [9.17, 15) is 5.26 Å². The molecule has 0 bridgehead atoms. The molecule has 7 heteroatoms. The number of pyridine rings is 1. The molecule has 16 rings (SSSR count). The molecule has 0 atom stereocenters. The van der Waals surface area contributed by atoms with Crippen LogP contribution in [0, 0.1) is 11.3 Å². The highest BCUT2D eigenvalue weighted by Gasteiger charge is 2.35. The lowest BCUT2D eigenvalue weighted by molar-refractivity contribution is 0.668. The van der Waals surface area contributed by atoms with Crippen LogP contribution in [0.25, 0.3) is 143 Å². The van der Waals surface area contributed by atoms with Crippen molar-refractivity contribution in [1.29, 1.82) is 5.26 Å². The molecule has 0 aliphatic carbocycles. The SMILES string of the molecule is N#Cc1c(-n2c3ccccc3c3ccccc32)c(-n2c3ccccc3c3ccccc32)c(-c2ccc3c(c2)oc2ccncc23)c(-n2c3ccccc3c3ccccc32)c1-n1c2ccccc2c2ccccc21. The highest BCUT2D eigenvalue weighted by atomic mass is 16.3. The summed E-state index contributed by atoms with van der Waals surface area (Å²) in [5, 5.41) is 23.5. The number of para-hydroxylation sites is 8. The summed E-state index contributed by atoms with van der Waals surface area (Å²) in [5.41, 5.74) is 15.1. The second kappa shape index (κ2) is 14.9. The lowest BCUT2D eigenvalue weighted by atomic mass is 9.93. The Labute approximate surface area is 416 Å². The van der Waals surface area contributed by atoms with Crippen molar-refractivity contribution in [2.45, 2.75) is 0 Å². The first-order valence-corrected chi connectivity index (χ1v) is 24.6. The van der Waals surface area contributed by atoms with Gasteiger partial charge in [-0.1, -0.05) is 152 Å². The fraction of sp³-hybridized carbons (Fsp3) is 0. The Morgan fingerprint density at radius 3 is 1.00 bits per heavy atom. The standard InChI is InChI=1S/C66H38N6O/c67-38-50-63(69-52-25-9-1-17-41(52)42-18-2-10-26-53(42)69)65(71-56-29-13-5-21-45(56)46-22-6-14-30-57(46)71)62(40-33-34-49-51-39-68-36-35-60(51)73-61(49)37-40)66(72-58-31-15-7-23-47(58)48-24-8-16-32-59(48)72)64(50)70-54-27-11-3-19-43(54)44-20-4-12-28-55(44)70/h1-37,39H. The number of nitriles is 1. The van der Waals surface area contributed by atoms with Gasteiger partial charge in [-0.3, -0.25) is 4.98 Å². The van der Waals surface area contributed by atoms with Crippen LogP contribution < -0.4 is 0 Å². The van der Waals surface area contributed by atoms with Gasteiger partial charge in [-0.2, -0.15) is 5.26 Å². The zero-order valence-electron chi connectivity index (χ0n) is 39.0. The fourth-order valence-corrected chi connectivity index (χ4v) is 12.4. The van der Waals surface area contributed by atoms with Gasteiger partial charge in [0.2, 0.25) is 0 Å². The second-order valence-electron chi connectivity index (χ2n) is 18.9. The fourth-order valence-electron chi connectivity index (χ4n) is 12.4. The van der Waals surface area contributed by atoms with Gasteiger partial charge in [-0.05, 0) is 72.3 Å². The summed E-state index contributed by atoms with van der Waals surface area (Å²) in [5.74, 6) is 0. The van der Waals surface area contributed by atoms with Gasteiger partial charge in [0.15, 0.2) is 0 Å². The van der Waals surface area contributed by atoms with Crippen LogP contribution in [0.1, 0.15) is 5.56 Å². The van der Waals surface area contributed by atoms with E-state index in [0.717, 1.165) is 143 Å². The number of benzene rings is 10. The zero-order chi connectivity index (χ0) is 47.9. The van der Waals surface area contributed by atoms with Gasteiger partial charge in [0.1, 0.15) is 22.8 Å². The van der Waals surface area contributed by atoms with Gasteiger partial charge in [-0.25, -0.2) is 0 Å². The van der Waals surface area contributed by atoms with Crippen molar-refractivity contribution in [2.24, 2.45) is 0 Å². The van der Waals surface area contributed by atoms with Crippen molar-refractivity contribution >= 4 is 109 Å². The number of fused-ring (bicyclic) bond motifs is 15. The maximum Gasteiger partial charge on any atom is 0.138 e. The van der Waals surface area contributed by atoms with Crippen LogP contribution in [-0.4, -0.2) is 23.3 Å². The summed E-state index contributed by atoms with van der Waals surface area (Å²) in [4.78, 5) is 4.52. The molecular weight excluding hydrogens is 893 g/mol. The predicted molar refractivity (Wildman–Crippen MR) is 299 cm³/mol. The Bertz CT molecular complexity index is 4600. The number of nitrogens with zero attached hydrogens (tertiary/aromatic N) is 6. The average Bonchev–Trinajstić information content (AvgIpc) is 4.29. The summed E-state index contributed by atoms with van der Waals surface area (Å²) < 4.78 is 16.4. The van der Waals surface area contributed by atoms with E-state index < -0.39 is 0 Å². The van der Waals surface area contributed by atoms with E-state index in [1.165, 1.54) is 0 Å². The van der Waals surface area contributed by atoms with Crippen LogP contribution >= 0.6 is 0 Å². The highest BCUT2D eigenvalue weighted by molar-refractivity contribution is 6.17. The number of furan rings is 1. The van der Waals surface area contributed by atoms with E-state index in [2.05, 4.69) is 242 Å². The van der Waals surface area contributed by atoms with E-state index in [4.69, 9.17) is 4.42 Å². The van der Waals surface area contributed by atoms with E-state index >= 15 is 0 Å². The maximum absolute atomic E-state index is 12.7. The minimum atomic E-state index is 0.520. The smallest absolute Gasteiger partial charge is 0.138 e. The average molecular weight is 931 g/mol. The molecule has 73 heavy (non-hydrogen) atoms. The van der Waals surface area contributed by atoms with Gasteiger partial charge in [0, 0.05) is 71.8 Å². The van der Waals surface area contributed by atoms with Crippen molar-refractivity contribution in [3.63, 3.8) is 0 Å². The highest BCUT2D eigenvalue weighted by Crippen LogP contribution is 2.52. The first-order chi connectivity index (χ1) is 36.2. The Morgan fingerprint density at radius 1 is 0.329 bits per heavy atom. The third kappa shape index (κ3) is 5.33. The van der Waals surface area contributed by atoms with Crippen LogP contribution in [-0.2, 0) is 0 Å². The van der Waals surface area contributed by atoms with E-state index in [0.29, 0.717) is 5.56 Å². The van der Waals surface area contributed by atoms with Crippen molar-refractivity contribution in [1.82, 2.24) is 23.3 Å². The molecule has 0 aliphatic rings. The summed E-state index contributed by atoms with van der Waals surface area (Å²) in [6.45, 7) is 0. The molecular formula is C66H38N6O. The van der Waals surface area contributed by atoms with E-state index in [1.807, 2.05) is 12.3 Å². The Balaban J connectivity index is 1.27. The largest absolute Gasteiger partial charge is 0.456 e. The minimum absolute atomic E-state index is 0.520. The van der Waals surface area contributed by atoms with Gasteiger partial charge < -0.3 is 22.7 Å². The van der Waals surface area contributed by atoms with Crippen molar-refractivity contribution in [3.8, 4) is 39.9 Å².